The van der Waals surface area contributed by atoms with Crippen LogP contribution in [0.15, 0.2) is 47.4 Å². The molecule has 1 fully saturated rings. The maximum atomic E-state index is 12.9. The third kappa shape index (κ3) is 4.69. The highest BCUT2D eigenvalue weighted by Gasteiger charge is 2.28. The molecule has 0 radical (unpaired) electrons. The van der Waals surface area contributed by atoms with Crippen LogP contribution in [-0.4, -0.2) is 31.7 Å². The Hall–Kier alpha value is -1.89. The summed E-state index contributed by atoms with van der Waals surface area (Å²) in [4.78, 5) is 12.4. The number of benzene rings is 2. The van der Waals surface area contributed by atoms with E-state index in [1.807, 2.05) is 31.2 Å². The minimum absolute atomic E-state index is 0.0414. The monoisotopic (exact) mass is 406 g/mol. The minimum Gasteiger partial charge on any atom is -0.326 e. The van der Waals surface area contributed by atoms with Crippen molar-refractivity contribution < 1.29 is 13.2 Å². The molecule has 0 bridgehead atoms. The Kier molecular flexibility index (Phi) is 6.19. The van der Waals surface area contributed by atoms with Gasteiger partial charge in [-0.15, -0.1) is 0 Å². The van der Waals surface area contributed by atoms with Crippen molar-refractivity contribution in [2.75, 3.05) is 18.4 Å². The number of halogens is 1. The van der Waals surface area contributed by atoms with E-state index in [0.29, 0.717) is 18.8 Å². The molecule has 1 saturated heterocycles. The minimum atomic E-state index is -3.67. The number of aryl methyl sites for hydroxylation is 1. The van der Waals surface area contributed by atoms with Crippen LogP contribution in [0.3, 0.4) is 0 Å². The van der Waals surface area contributed by atoms with Crippen LogP contribution in [0.2, 0.25) is 5.02 Å². The zero-order chi connectivity index (χ0) is 19.4. The number of nitrogens with zero attached hydrogens (tertiary/aromatic N) is 1. The Morgan fingerprint density at radius 1 is 1.11 bits per heavy atom. The molecular weight excluding hydrogens is 384 g/mol. The van der Waals surface area contributed by atoms with Gasteiger partial charge in [-0.2, -0.15) is 4.31 Å². The summed E-state index contributed by atoms with van der Waals surface area (Å²) in [5.41, 5.74) is 2.40. The van der Waals surface area contributed by atoms with Crippen molar-refractivity contribution in [2.45, 2.75) is 37.5 Å². The molecule has 0 aromatic heterocycles. The fourth-order valence-corrected chi connectivity index (χ4v) is 5.23. The second-order valence-corrected chi connectivity index (χ2v) is 9.07. The number of piperidine rings is 1. The van der Waals surface area contributed by atoms with Gasteiger partial charge in [0.1, 0.15) is 4.90 Å². The van der Waals surface area contributed by atoms with E-state index < -0.39 is 10.0 Å². The average Bonchev–Trinajstić information content (AvgIpc) is 2.66. The van der Waals surface area contributed by atoms with E-state index in [1.54, 1.807) is 6.07 Å². The largest absolute Gasteiger partial charge is 0.326 e. The number of amides is 1. The fourth-order valence-electron chi connectivity index (χ4n) is 3.21. The molecule has 1 aliphatic heterocycles. The zero-order valence-corrected chi connectivity index (χ0v) is 16.8. The van der Waals surface area contributed by atoms with Crippen LogP contribution in [0, 0.1) is 6.92 Å². The first-order chi connectivity index (χ1) is 12.9. The second kappa shape index (κ2) is 8.42. The summed E-state index contributed by atoms with van der Waals surface area (Å²) in [5, 5.41) is 2.94. The third-order valence-electron chi connectivity index (χ3n) is 4.76. The van der Waals surface area contributed by atoms with Gasteiger partial charge in [0.2, 0.25) is 15.9 Å². The van der Waals surface area contributed by atoms with E-state index >= 15 is 0 Å². The van der Waals surface area contributed by atoms with Crippen LogP contribution in [0.1, 0.15) is 30.4 Å². The van der Waals surface area contributed by atoms with Crippen LogP contribution in [-0.2, 0) is 21.2 Å². The van der Waals surface area contributed by atoms with Gasteiger partial charge in [0.25, 0.3) is 0 Å². The quantitative estimate of drug-likeness (QED) is 0.815. The summed E-state index contributed by atoms with van der Waals surface area (Å²) < 4.78 is 27.3. The maximum Gasteiger partial charge on any atom is 0.244 e. The topological polar surface area (TPSA) is 66.5 Å². The van der Waals surface area contributed by atoms with Gasteiger partial charge in [-0.3, -0.25) is 4.79 Å². The van der Waals surface area contributed by atoms with Crippen molar-refractivity contribution in [2.24, 2.45) is 0 Å². The molecule has 0 unspecified atom stereocenters. The molecule has 1 aliphatic rings. The summed E-state index contributed by atoms with van der Waals surface area (Å²) in [6.45, 7) is 2.96. The lowest BCUT2D eigenvalue weighted by molar-refractivity contribution is -0.115. The molecule has 0 spiro atoms. The number of nitrogens with one attached hydrogen (secondary N) is 1. The van der Waals surface area contributed by atoms with E-state index in [9.17, 15) is 13.2 Å². The Balaban J connectivity index is 1.79. The SMILES string of the molecule is Cc1ccccc1CC(=O)Nc1ccc(Cl)c(S(=O)(=O)N2CCCCC2)c1. The molecule has 27 heavy (non-hydrogen) atoms. The smallest absolute Gasteiger partial charge is 0.244 e. The average molecular weight is 407 g/mol. The lowest BCUT2D eigenvalue weighted by Crippen LogP contribution is -2.35. The number of sulfonamides is 1. The van der Waals surface area contributed by atoms with Crippen molar-refractivity contribution in [3.63, 3.8) is 0 Å². The number of carbonyl (C=O) groups excluding carboxylic acids is 1. The summed E-state index contributed by atoms with van der Waals surface area (Å²) in [7, 11) is -3.67. The summed E-state index contributed by atoms with van der Waals surface area (Å²) in [5.74, 6) is -0.201. The van der Waals surface area contributed by atoms with Crippen LogP contribution in [0.5, 0.6) is 0 Å². The Morgan fingerprint density at radius 3 is 2.52 bits per heavy atom. The van der Waals surface area contributed by atoms with Gasteiger partial charge in [-0.1, -0.05) is 42.3 Å². The molecule has 0 atom stereocenters. The second-order valence-electron chi connectivity index (χ2n) is 6.76. The van der Waals surface area contributed by atoms with E-state index in [-0.39, 0.29) is 22.2 Å². The van der Waals surface area contributed by atoms with E-state index in [2.05, 4.69) is 5.32 Å². The van der Waals surface area contributed by atoms with Gasteiger partial charge in [0, 0.05) is 18.8 Å². The first kappa shape index (κ1) is 19.9. The molecule has 0 saturated carbocycles. The number of anilines is 1. The standard InChI is InChI=1S/C20H23ClN2O3S/c1-15-7-3-4-8-16(15)13-20(24)22-17-9-10-18(21)19(14-17)27(25,26)23-11-5-2-6-12-23/h3-4,7-10,14H,2,5-6,11-13H2,1H3,(H,22,24). The highest BCUT2D eigenvalue weighted by Crippen LogP contribution is 2.29. The van der Waals surface area contributed by atoms with Gasteiger partial charge >= 0.3 is 0 Å². The molecule has 144 valence electrons. The third-order valence-corrected chi connectivity index (χ3v) is 7.14. The van der Waals surface area contributed by atoms with Crippen LogP contribution in [0.4, 0.5) is 5.69 Å². The molecule has 7 heteroatoms. The summed E-state index contributed by atoms with van der Waals surface area (Å²) in [6.07, 6.45) is 2.96. The highest BCUT2D eigenvalue weighted by atomic mass is 35.5. The van der Waals surface area contributed by atoms with Crippen LogP contribution >= 0.6 is 11.6 Å². The predicted octanol–water partition coefficient (Wildman–Crippen LogP) is 4.00. The number of carbonyl (C=O) groups is 1. The summed E-state index contributed by atoms with van der Waals surface area (Å²) >= 11 is 6.17. The van der Waals surface area contributed by atoms with Crippen LogP contribution in [0.25, 0.3) is 0 Å². The Morgan fingerprint density at radius 2 is 1.81 bits per heavy atom. The lowest BCUT2D eigenvalue weighted by atomic mass is 10.1. The van der Waals surface area contributed by atoms with Crippen molar-refractivity contribution in [3.05, 3.63) is 58.6 Å². The normalized spacial score (nSPS) is 15.5. The Labute approximate surface area is 165 Å². The van der Waals surface area contributed by atoms with E-state index in [0.717, 1.165) is 30.4 Å². The number of rotatable bonds is 5. The number of hydrogen-bond acceptors (Lipinski definition) is 3. The highest BCUT2D eigenvalue weighted by molar-refractivity contribution is 7.89. The summed E-state index contributed by atoms with van der Waals surface area (Å²) in [6, 6.07) is 12.3. The number of hydrogen-bond donors (Lipinski definition) is 1. The van der Waals surface area contributed by atoms with Gasteiger partial charge in [0.15, 0.2) is 0 Å². The molecule has 2 aromatic carbocycles. The van der Waals surface area contributed by atoms with E-state index in [1.165, 1.54) is 16.4 Å². The van der Waals surface area contributed by atoms with Crippen molar-refractivity contribution in [1.29, 1.82) is 0 Å². The fraction of sp³-hybridized carbons (Fsp3) is 0.350. The van der Waals surface area contributed by atoms with Crippen LogP contribution < -0.4 is 5.32 Å². The van der Waals surface area contributed by atoms with E-state index in [4.69, 9.17) is 11.6 Å². The molecule has 1 amide bonds. The molecule has 5 nitrogen and oxygen atoms in total. The molecule has 1 heterocycles. The van der Waals surface area contributed by atoms with Gasteiger partial charge < -0.3 is 5.32 Å². The van der Waals surface area contributed by atoms with Crippen molar-refractivity contribution >= 4 is 33.2 Å². The van der Waals surface area contributed by atoms with Crippen molar-refractivity contribution in [3.8, 4) is 0 Å². The zero-order valence-electron chi connectivity index (χ0n) is 15.2. The molecule has 2 aromatic rings. The first-order valence-corrected chi connectivity index (χ1v) is 10.8. The van der Waals surface area contributed by atoms with Gasteiger partial charge in [-0.05, 0) is 49.1 Å². The Bertz CT molecular complexity index is 938. The maximum absolute atomic E-state index is 12.9. The molecule has 3 rings (SSSR count). The molecule has 1 N–H and O–H groups in total. The first-order valence-electron chi connectivity index (χ1n) is 9.02. The van der Waals surface area contributed by atoms with Gasteiger partial charge in [-0.25, -0.2) is 8.42 Å². The predicted molar refractivity (Wildman–Crippen MR) is 108 cm³/mol. The van der Waals surface area contributed by atoms with Crippen molar-refractivity contribution in [1.82, 2.24) is 4.31 Å². The molecule has 0 aliphatic carbocycles. The lowest BCUT2D eigenvalue weighted by Gasteiger charge is -2.26. The van der Waals surface area contributed by atoms with Gasteiger partial charge in [0.05, 0.1) is 11.4 Å². The molecular formula is C20H23ClN2O3S.